The molecule has 0 amide bonds. The minimum atomic E-state index is -1.28. The predicted molar refractivity (Wildman–Crippen MR) is 134 cm³/mol. The lowest BCUT2D eigenvalue weighted by atomic mass is 10.1. The van der Waals surface area contributed by atoms with Crippen molar-refractivity contribution in [1.29, 1.82) is 0 Å². The average molecular weight is 527 g/mol. The van der Waals surface area contributed by atoms with Crippen LogP contribution in [0.4, 0.5) is 4.39 Å². The van der Waals surface area contributed by atoms with Crippen LogP contribution in [0.1, 0.15) is 36.5 Å². The van der Waals surface area contributed by atoms with Gasteiger partial charge < -0.3 is 9.84 Å². The van der Waals surface area contributed by atoms with E-state index in [4.69, 9.17) is 16.3 Å². The molecule has 0 saturated heterocycles. The van der Waals surface area contributed by atoms with E-state index in [-0.39, 0.29) is 29.0 Å². The lowest BCUT2D eigenvalue weighted by Gasteiger charge is -2.17. The van der Waals surface area contributed by atoms with Gasteiger partial charge in [0.15, 0.2) is 10.8 Å². The second-order valence-electron chi connectivity index (χ2n) is 8.99. The van der Waals surface area contributed by atoms with E-state index < -0.39 is 22.7 Å². The number of rotatable bonds is 6. The summed E-state index contributed by atoms with van der Waals surface area (Å²) in [5, 5.41) is 9.94. The van der Waals surface area contributed by atoms with Crippen molar-refractivity contribution >= 4 is 11.6 Å². The van der Waals surface area contributed by atoms with E-state index >= 15 is 0 Å². The maximum Gasteiger partial charge on any atom is 0.338 e. The van der Waals surface area contributed by atoms with Crippen LogP contribution in [0.25, 0.3) is 17.1 Å². The molecule has 192 valence electrons. The number of halogens is 2. The average Bonchev–Trinajstić information content (AvgIpc) is 2.84. The Bertz CT molecular complexity index is 1590. The third-order valence-electron chi connectivity index (χ3n) is 5.64. The molecule has 0 spiro atoms. The van der Waals surface area contributed by atoms with E-state index in [1.54, 1.807) is 33.8 Å². The highest BCUT2D eigenvalue weighted by Gasteiger charge is 2.22. The van der Waals surface area contributed by atoms with Gasteiger partial charge in [0.05, 0.1) is 29.0 Å². The van der Waals surface area contributed by atoms with Crippen molar-refractivity contribution in [1.82, 2.24) is 29.1 Å². The number of aliphatic hydroxyl groups is 1. The molecule has 0 bridgehead atoms. The molecule has 0 radical (unpaired) electrons. The van der Waals surface area contributed by atoms with Crippen LogP contribution >= 0.6 is 11.6 Å². The van der Waals surface area contributed by atoms with Crippen LogP contribution in [-0.2, 0) is 19.3 Å². The third kappa shape index (κ3) is 5.13. The minimum Gasteiger partial charge on any atom is -0.471 e. The number of nitrogens with zero attached hydrogens (tertiary/aromatic N) is 6. The summed E-state index contributed by atoms with van der Waals surface area (Å²) < 4.78 is 21.1. The van der Waals surface area contributed by atoms with Gasteiger partial charge in [-0.2, -0.15) is 0 Å². The molecule has 1 N–H and O–H groups in total. The zero-order valence-electron chi connectivity index (χ0n) is 20.8. The molecular weight excluding hydrogens is 503 g/mol. The van der Waals surface area contributed by atoms with Crippen molar-refractivity contribution in [3.8, 4) is 23.0 Å². The fourth-order valence-electron chi connectivity index (χ4n) is 3.58. The Morgan fingerprint density at radius 3 is 2.49 bits per heavy atom. The van der Waals surface area contributed by atoms with Crippen LogP contribution < -0.4 is 16.0 Å². The van der Waals surface area contributed by atoms with Gasteiger partial charge >= 0.3 is 5.69 Å². The van der Waals surface area contributed by atoms with Gasteiger partial charge in [-0.1, -0.05) is 11.6 Å². The highest BCUT2D eigenvalue weighted by Crippen LogP contribution is 2.24. The molecule has 0 atom stereocenters. The Balaban J connectivity index is 1.78. The monoisotopic (exact) mass is 526 g/mol. The first-order valence-corrected chi connectivity index (χ1v) is 11.5. The van der Waals surface area contributed by atoms with Gasteiger partial charge in [-0.05, 0) is 57.0 Å². The number of pyridine rings is 2. The molecule has 4 aromatic rings. The van der Waals surface area contributed by atoms with E-state index in [1.807, 2.05) is 0 Å². The van der Waals surface area contributed by atoms with Crippen molar-refractivity contribution in [3.63, 3.8) is 0 Å². The van der Waals surface area contributed by atoms with Gasteiger partial charge in [0.2, 0.25) is 5.88 Å². The van der Waals surface area contributed by atoms with Gasteiger partial charge in [-0.25, -0.2) is 23.7 Å². The second kappa shape index (κ2) is 9.83. The summed E-state index contributed by atoms with van der Waals surface area (Å²) in [5.74, 6) is -0.437. The Morgan fingerprint density at radius 2 is 1.81 bits per heavy atom. The Morgan fingerprint density at radius 1 is 1.08 bits per heavy atom. The Kier molecular flexibility index (Phi) is 6.94. The van der Waals surface area contributed by atoms with E-state index in [0.29, 0.717) is 28.2 Å². The SMILES string of the molecule is Cc1cnc(-c2ccnc(C(C)(C)O)n2)cc1-n1c(=O)c(Cl)c(OCc2ncc(F)cc2C)n(C)c1=O. The normalized spacial score (nSPS) is 11.6. The maximum absolute atomic E-state index is 13.4. The molecule has 0 fully saturated rings. The quantitative estimate of drug-likeness (QED) is 0.406. The highest BCUT2D eigenvalue weighted by atomic mass is 35.5. The van der Waals surface area contributed by atoms with Crippen molar-refractivity contribution in [2.45, 2.75) is 39.9 Å². The molecule has 0 aromatic carbocycles. The first kappa shape index (κ1) is 26.1. The molecule has 37 heavy (non-hydrogen) atoms. The molecule has 4 rings (SSSR count). The summed E-state index contributed by atoms with van der Waals surface area (Å²) >= 11 is 6.37. The Labute approximate surface area is 216 Å². The first-order valence-electron chi connectivity index (χ1n) is 11.2. The molecule has 10 nitrogen and oxygen atoms in total. The predicted octanol–water partition coefficient (Wildman–Crippen LogP) is 3.00. The maximum atomic E-state index is 13.4. The van der Waals surface area contributed by atoms with Crippen molar-refractivity contribution < 1.29 is 14.2 Å². The first-order chi connectivity index (χ1) is 17.4. The third-order valence-corrected chi connectivity index (χ3v) is 5.96. The van der Waals surface area contributed by atoms with Gasteiger partial charge in [0.25, 0.3) is 5.56 Å². The van der Waals surface area contributed by atoms with Crippen LogP contribution in [0.2, 0.25) is 5.02 Å². The summed E-state index contributed by atoms with van der Waals surface area (Å²) in [7, 11) is 1.42. The second-order valence-corrected chi connectivity index (χ2v) is 9.37. The number of aryl methyl sites for hydroxylation is 2. The van der Waals surface area contributed by atoms with E-state index in [9.17, 15) is 19.1 Å². The van der Waals surface area contributed by atoms with Crippen LogP contribution in [0.5, 0.6) is 5.88 Å². The van der Waals surface area contributed by atoms with Crippen LogP contribution in [0.3, 0.4) is 0 Å². The molecule has 0 aliphatic rings. The number of hydrogen-bond donors (Lipinski definition) is 1. The number of ether oxygens (including phenoxy) is 1. The van der Waals surface area contributed by atoms with Crippen LogP contribution in [0.15, 0.2) is 46.4 Å². The smallest absolute Gasteiger partial charge is 0.338 e. The summed E-state index contributed by atoms with van der Waals surface area (Å²) in [6.45, 7) is 6.35. The summed E-state index contributed by atoms with van der Waals surface area (Å²) in [5.41, 5.74) is -0.243. The molecule has 4 aromatic heterocycles. The molecule has 12 heteroatoms. The van der Waals surface area contributed by atoms with Gasteiger partial charge in [0, 0.05) is 19.4 Å². The van der Waals surface area contributed by atoms with Crippen LogP contribution in [-0.4, -0.2) is 34.2 Å². The molecule has 0 saturated carbocycles. The molecule has 4 heterocycles. The standard InChI is InChI=1S/C25H24ClFN6O4/c1-13-8-15(27)11-30-18(13)12-37-22-20(26)21(34)33(24(35)32(22)5)19-9-17(29-10-14(19)2)16-6-7-28-23(31-16)25(3,4)36/h6-11,36H,12H2,1-5H3. The van der Waals surface area contributed by atoms with Gasteiger partial charge in [-0.15, -0.1) is 0 Å². The van der Waals surface area contributed by atoms with Gasteiger partial charge in [0.1, 0.15) is 18.0 Å². The van der Waals surface area contributed by atoms with E-state index in [1.165, 1.54) is 31.6 Å². The van der Waals surface area contributed by atoms with E-state index in [2.05, 4.69) is 19.9 Å². The molecule has 0 unspecified atom stereocenters. The van der Waals surface area contributed by atoms with Crippen molar-refractivity contribution in [2.75, 3.05) is 0 Å². The number of aromatic nitrogens is 6. The number of hydrogen-bond acceptors (Lipinski definition) is 8. The summed E-state index contributed by atoms with van der Waals surface area (Å²) in [6.07, 6.45) is 4.04. The summed E-state index contributed by atoms with van der Waals surface area (Å²) in [4.78, 5) is 43.4. The molecule has 0 aliphatic heterocycles. The van der Waals surface area contributed by atoms with Gasteiger partial charge in [-0.3, -0.25) is 19.3 Å². The largest absolute Gasteiger partial charge is 0.471 e. The topological polar surface area (TPSA) is 125 Å². The zero-order valence-corrected chi connectivity index (χ0v) is 21.5. The van der Waals surface area contributed by atoms with Crippen molar-refractivity contribution in [2.24, 2.45) is 7.05 Å². The lowest BCUT2D eigenvalue weighted by Crippen LogP contribution is -2.39. The van der Waals surface area contributed by atoms with E-state index in [0.717, 1.165) is 15.3 Å². The highest BCUT2D eigenvalue weighted by molar-refractivity contribution is 6.31. The molecule has 0 aliphatic carbocycles. The summed E-state index contributed by atoms with van der Waals surface area (Å²) in [6, 6.07) is 4.44. The zero-order chi connectivity index (χ0) is 27.1. The minimum absolute atomic E-state index is 0.127. The van der Waals surface area contributed by atoms with Crippen LogP contribution in [0, 0.1) is 19.7 Å². The lowest BCUT2D eigenvalue weighted by molar-refractivity contribution is 0.0688. The molecular formula is C25H24ClFN6O4. The van der Waals surface area contributed by atoms with Crippen molar-refractivity contribution in [3.05, 3.63) is 91.1 Å². The fourth-order valence-corrected chi connectivity index (χ4v) is 3.85. The Hall–Kier alpha value is -3.96. The fraction of sp³-hybridized carbons (Fsp3) is 0.280.